The largest absolute Gasteiger partial charge is 0.497 e. The SMILES string of the molecule is COc1ccc(OC)c(CNC(C(N)=O)c2ccccc2)c1. The summed E-state index contributed by atoms with van der Waals surface area (Å²) in [5.74, 6) is 1.03. The third kappa shape index (κ3) is 3.77. The fourth-order valence-corrected chi connectivity index (χ4v) is 2.26. The van der Waals surface area contributed by atoms with Crippen LogP contribution in [0.2, 0.25) is 0 Å². The average molecular weight is 300 g/mol. The van der Waals surface area contributed by atoms with E-state index in [0.717, 1.165) is 22.6 Å². The van der Waals surface area contributed by atoms with Crippen LogP contribution in [-0.2, 0) is 11.3 Å². The number of ether oxygens (including phenoxy) is 2. The van der Waals surface area contributed by atoms with E-state index in [4.69, 9.17) is 15.2 Å². The van der Waals surface area contributed by atoms with Crippen LogP contribution in [0.15, 0.2) is 48.5 Å². The summed E-state index contributed by atoms with van der Waals surface area (Å²) in [5, 5.41) is 3.17. The van der Waals surface area contributed by atoms with E-state index in [-0.39, 0.29) is 0 Å². The van der Waals surface area contributed by atoms with E-state index in [2.05, 4.69) is 5.32 Å². The molecule has 22 heavy (non-hydrogen) atoms. The fourth-order valence-electron chi connectivity index (χ4n) is 2.26. The van der Waals surface area contributed by atoms with Gasteiger partial charge < -0.3 is 15.2 Å². The Hall–Kier alpha value is -2.53. The fraction of sp³-hybridized carbons (Fsp3) is 0.235. The zero-order valence-corrected chi connectivity index (χ0v) is 12.7. The summed E-state index contributed by atoms with van der Waals surface area (Å²) in [5.41, 5.74) is 7.23. The molecule has 5 nitrogen and oxygen atoms in total. The zero-order valence-electron chi connectivity index (χ0n) is 12.7. The summed E-state index contributed by atoms with van der Waals surface area (Å²) in [6.07, 6.45) is 0. The summed E-state index contributed by atoms with van der Waals surface area (Å²) >= 11 is 0. The molecule has 1 unspecified atom stereocenters. The highest BCUT2D eigenvalue weighted by molar-refractivity contribution is 5.81. The van der Waals surface area contributed by atoms with E-state index < -0.39 is 11.9 Å². The van der Waals surface area contributed by atoms with Crippen molar-refractivity contribution in [1.29, 1.82) is 0 Å². The van der Waals surface area contributed by atoms with E-state index in [0.29, 0.717) is 6.54 Å². The lowest BCUT2D eigenvalue weighted by Gasteiger charge is -2.17. The van der Waals surface area contributed by atoms with Crippen molar-refractivity contribution in [3.63, 3.8) is 0 Å². The van der Waals surface area contributed by atoms with Gasteiger partial charge in [0.25, 0.3) is 0 Å². The Morgan fingerprint density at radius 1 is 1.14 bits per heavy atom. The minimum atomic E-state index is -0.558. The van der Waals surface area contributed by atoms with Crippen molar-refractivity contribution in [2.24, 2.45) is 5.73 Å². The van der Waals surface area contributed by atoms with E-state index in [1.165, 1.54) is 0 Å². The molecule has 3 N–H and O–H groups in total. The number of hydrogen-bond acceptors (Lipinski definition) is 4. The van der Waals surface area contributed by atoms with Gasteiger partial charge in [-0.2, -0.15) is 0 Å². The first-order chi connectivity index (χ1) is 10.7. The molecule has 0 fully saturated rings. The second-order valence-corrected chi connectivity index (χ2v) is 4.80. The lowest BCUT2D eigenvalue weighted by molar-refractivity contribution is -0.120. The Bertz CT molecular complexity index is 629. The molecular formula is C17H20N2O3. The number of nitrogens with two attached hydrogens (primary N) is 1. The standard InChI is InChI=1S/C17H20N2O3/c1-21-14-8-9-15(22-2)13(10-14)11-19-16(17(18)20)12-6-4-3-5-7-12/h3-10,16,19H,11H2,1-2H3,(H2,18,20). The molecule has 0 radical (unpaired) electrons. The highest BCUT2D eigenvalue weighted by Crippen LogP contribution is 2.24. The molecular weight excluding hydrogens is 280 g/mol. The highest BCUT2D eigenvalue weighted by Gasteiger charge is 2.17. The number of amides is 1. The number of nitrogens with one attached hydrogen (secondary N) is 1. The monoisotopic (exact) mass is 300 g/mol. The van der Waals surface area contributed by atoms with Gasteiger partial charge in [0.05, 0.1) is 14.2 Å². The quantitative estimate of drug-likeness (QED) is 0.820. The first-order valence-corrected chi connectivity index (χ1v) is 6.94. The van der Waals surface area contributed by atoms with Crippen molar-refractivity contribution in [2.75, 3.05) is 14.2 Å². The van der Waals surface area contributed by atoms with E-state index in [9.17, 15) is 4.79 Å². The number of benzene rings is 2. The van der Waals surface area contributed by atoms with Gasteiger partial charge in [-0.05, 0) is 23.8 Å². The lowest BCUT2D eigenvalue weighted by atomic mass is 10.1. The molecule has 0 aliphatic carbocycles. The van der Waals surface area contributed by atoms with Gasteiger partial charge in [-0.3, -0.25) is 10.1 Å². The third-order valence-electron chi connectivity index (χ3n) is 3.40. The molecule has 0 heterocycles. The minimum absolute atomic E-state index is 0.423. The summed E-state index contributed by atoms with van der Waals surface area (Å²) in [6, 6.07) is 14.3. The molecule has 0 saturated heterocycles. The van der Waals surface area contributed by atoms with Crippen molar-refractivity contribution in [3.8, 4) is 11.5 Å². The lowest BCUT2D eigenvalue weighted by Crippen LogP contribution is -2.33. The topological polar surface area (TPSA) is 73.6 Å². The molecule has 0 aromatic heterocycles. The van der Waals surface area contributed by atoms with Crippen LogP contribution in [0.4, 0.5) is 0 Å². The number of primary amides is 1. The Morgan fingerprint density at radius 2 is 1.86 bits per heavy atom. The Morgan fingerprint density at radius 3 is 2.45 bits per heavy atom. The highest BCUT2D eigenvalue weighted by atomic mass is 16.5. The second-order valence-electron chi connectivity index (χ2n) is 4.80. The number of carbonyl (C=O) groups excluding carboxylic acids is 1. The molecule has 2 aromatic rings. The molecule has 1 amide bonds. The van der Waals surface area contributed by atoms with E-state index in [1.807, 2.05) is 48.5 Å². The zero-order chi connectivity index (χ0) is 15.9. The summed E-state index contributed by atoms with van der Waals surface area (Å²) in [6.45, 7) is 0.433. The van der Waals surface area contributed by atoms with Gasteiger partial charge in [-0.15, -0.1) is 0 Å². The molecule has 0 bridgehead atoms. The van der Waals surface area contributed by atoms with Gasteiger partial charge in [-0.1, -0.05) is 30.3 Å². The molecule has 0 aliphatic heterocycles. The van der Waals surface area contributed by atoms with E-state index >= 15 is 0 Å². The van der Waals surface area contributed by atoms with Gasteiger partial charge in [0.15, 0.2) is 0 Å². The summed E-state index contributed by atoms with van der Waals surface area (Å²) in [4.78, 5) is 11.7. The molecule has 0 saturated carbocycles. The maximum Gasteiger partial charge on any atom is 0.239 e. The van der Waals surface area contributed by atoms with Crippen LogP contribution in [-0.4, -0.2) is 20.1 Å². The first-order valence-electron chi connectivity index (χ1n) is 6.94. The summed E-state index contributed by atoms with van der Waals surface area (Å²) in [7, 11) is 3.21. The van der Waals surface area contributed by atoms with Gasteiger partial charge in [0, 0.05) is 12.1 Å². The van der Waals surface area contributed by atoms with Gasteiger partial charge in [-0.25, -0.2) is 0 Å². The maximum atomic E-state index is 11.7. The van der Waals surface area contributed by atoms with Gasteiger partial charge in [0.2, 0.25) is 5.91 Å². The Labute approximate surface area is 130 Å². The van der Waals surface area contributed by atoms with Crippen LogP contribution in [0.1, 0.15) is 17.2 Å². The minimum Gasteiger partial charge on any atom is -0.497 e. The van der Waals surface area contributed by atoms with Crippen molar-refractivity contribution in [2.45, 2.75) is 12.6 Å². The van der Waals surface area contributed by atoms with Crippen molar-refractivity contribution >= 4 is 5.91 Å². The van der Waals surface area contributed by atoms with Crippen LogP contribution in [0.5, 0.6) is 11.5 Å². The molecule has 2 aromatic carbocycles. The first kappa shape index (κ1) is 15.9. The predicted octanol–water partition coefficient (Wildman–Crippen LogP) is 2.02. The molecule has 5 heteroatoms. The van der Waals surface area contributed by atoms with E-state index in [1.54, 1.807) is 14.2 Å². The maximum absolute atomic E-state index is 11.7. The molecule has 116 valence electrons. The molecule has 1 atom stereocenters. The van der Waals surface area contributed by atoms with Crippen LogP contribution in [0.25, 0.3) is 0 Å². The van der Waals surface area contributed by atoms with Gasteiger partial charge in [0.1, 0.15) is 17.5 Å². The van der Waals surface area contributed by atoms with Crippen LogP contribution in [0.3, 0.4) is 0 Å². The smallest absolute Gasteiger partial charge is 0.239 e. The Kier molecular flexibility index (Phi) is 5.38. The van der Waals surface area contributed by atoms with Crippen molar-refractivity contribution in [1.82, 2.24) is 5.32 Å². The van der Waals surface area contributed by atoms with Gasteiger partial charge >= 0.3 is 0 Å². The van der Waals surface area contributed by atoms with Crippen molar-refractivity contribution < 1.29 is 14.3 Å². The normalized spacial score (nSPS) is 11.7. The van der Waals surface area contributed by atoms with Crippen LogP contribution in [0, 0.1) is 0 Å². The molecule has 0 aliphatic rings. The predicted molar refractivity (Wildman–Crippen MR) is 84.8 cm³/mol. The number of hydrogen-bond donors (Lipinski definition) is 2. The van der Waals surface area contributed by atoms with Crippen molar-refractivity contribution in [3.05, 3.63) is 59.7 Å². The average Bonchev–Trinajstić information content (AvgIpc) is 2.55. The van der Waals surface area contributed by atoms with Crippen LogP contribution >= 0.6 is 0 Å². The number of carbonyl (C=O) groups is 1. The second kappa shape index (κ2) is 7.47. The Balaban J connectivity index is 2.18. The molecule has 0 spiro atoms. The third-order valence-corrected chi connectivity index (χ3v) is 3.40. The van der Waals surface area contributed by atoms with Crippen LogP contribution < -0.4 is 20.5 Å². The number of methoxy groups -OCH3 is 2. The molecule has 2 rings (SSSR count). The summed E-state index contributed by atoms with van der Waals surface area (Å²) < 4.78 is 10.5. The number of rotatable bonds is 7.